The molecule has 0 bridgehead atoms. The minimum Gasteiger partial charge on any atom is -0.396 e. The second-order valence-corrected chi connectivity index (χ2v) is 6.34. The third-order valence-electron chi connectivity index (χ3n) is 4.12. The highest BCUT2D eigenvalue weighted by Crippen LogP contribution is 2.07. The molecule has 2 rings (SSSR count). The monoisotopic (exact) mass is 344 g/mol. The van der Waals surface area contributed by atoms with Crippen LogP contribution in [0.2, 0.25) is 0 Å². The van der Waals surface area contributed by atoms with Crippen LogP contribution in [0.1, 0.15) is 55.3 Å². The van der Waals surface area contributed by atoms with Crippen LogP contribution in [-0.2, 0) is 6.42 Å². The standard InChI is InChI=1S/C19H28N4O2/c1-15-8-9-16(13-21-15)12-17-14-22-19(23-18(17)25)20-10-6-4-2-3-5-7-11-24/h8-9,13-14,24H,2-7,10-12H2,1H3,(H2,20,22,23,25). The molecule has 0 aromatic carbocycles. The van der Waals surface area contributed by atoms with E-state index in [-0.39, 0.29) is 12.2 Å². The zero-order valence-electron chi connectivity index (χ0n) is 14.9. The van der Waals surface area contributed by atoms with E-state index in [1.807, 2.05) is 19.1 Å². The van der Waals surface area contributed by atoms with E-state index in [1.54, 1.807) is 12.4 Å². The number of H-pyrrole nitrogens is 1. The number of aliphatic hydroxyl groups is 1. The summed E-state index contributed by atoms with van der Waals surface area (Å²) < 4.78 is 0. The number of pyridine rings is 1. The molecule has 136 valence electrons. The Hall–Kier alpha value is -2.21. The number of nitrogens with one attached hydrogen (secondary N) is 2. The lowest BCUT2D eigenvalue weighted by atomic mass is 10.1. The van der Waals surface area contributed by atoms with Crippen molar-refractivity contribution in [2.75, 3.05) is 18.5 Å². The Balaban J connectivity index is 1.74. The molecule has 0 aliphatic rings. The van der Waals surface area contributed by atoms with Gasteiger partial charge in [-0.15, -0.1) is 0 Å². The Labute approximate surface area is 148 Å². The van der Waals surface area contributed by atoms with E-state index in [4.69, 9.17) is 5.11 Å². The van der Waals surface area contributed by atoms with Crippen LogP contribution >= 0.6 is 0 Å². The maximum absolute atomic E-state index is 12.2. The lowest BCUT2D eigenvalue weighted by Gasteiger charge is -2.06. The van der Waals surface area contributed by atoms with Crippen LogP contribution in [-0.4, -0.2) is 33.2 Å². The second-order valence-electron chi connectivity index (χ2n) is 6.34. The number of aryl methyl sites for hydroxylation is 1. The largest absolute Gasteiger partial charge is 0.396 e. The fourth-order valence-corrected chi connectivity index (χ4v) is 2.61. The molecule has 0 saturated carbocycles. The summed E-state index contributed by atoms with van der Waals surface area (Å²) in [5, 5.41) is 11.9. The molecule has 0 fully saturated rings. The Kier molecular flexibility index (Phi) is 8.12. The number of hydrogen-bond acceptors (Lipinski definition) is 5. The van der Waals surface area contributed by atoms with Crippen molar-refractivity contribution in [2.45, 2.75) is 51.9 Å². The van der Waals surface area contributed by atoms with Gasteiger partial charge in [0, 0.05) is 43.2 Å². The maximum Gasteiger partial charge on any atom is 0.255 e. The fourth-order valence-electron chi connectivity index (χ4n) is 2.61. The predicted molar refractivity (Wildman–Crippen MR) is 99.9 cm³/mol. The third kappa shape index (κ3) is 7.05. The van der Waals surface area contributed by atoms with E-state index in [2.05, 4.69) is 20.3 Å². The van der Waals surface area contributed by atoms with E-state index < -0.39 is 0 Å². The third-order valence-corrected chi connectivity index (χ3v) is 4.12. The Bertz CT molecular complexity index is 683. The van der Waals surface area contributed by atoms with Gasteiger partial charge in [-0.25, -0.2) is 4.98 Å². The van der Waals surface area contributed by atoms with Crippen molar-refractivity contribution in [3.63, 3.8) is 0 Å². The molecule has 0 aliphatic carbocycles. The number of nitrogens with zero attached hydrogens (tertiary/aromatic N) is 2. The van der Waals surface area contributed by atoms with Crippen molar-refractivity contribution < 1.29 is 5.11 Å². The van der Waals surface area contributed by atoms with Gasteiger partial charge in [0.05, 0.1) is 0 Å². The number of aromatic amines is 1. The van der Waals surface area contributed by atoms with Gasteiger partial charge >= 0.3 is 0 Å². The first-order chi connectivity index (χ1) is 12.2. The molecule has 0 saturated heterocycles. The molecule has 2 heterocycles. The van der Waals surface area contributed by atoms with Gasteiger partial charge in [-0.1, -0.05) is 31.7 Å². The lowest BCUT2D eigenvalue weighted by Crippen LogP contribution is -2.17. The van der Waals surface area contributed by atoms with E-state index in [9.17, 15) is 4.79 Å². The number of aliphatic hydroxyl groups excluding tert-OH is 1. The van der Waals surface area contributed by atoms with Gasteiger partial charge in [0.2, 0.25) is 5.95 Å². The molecular weight excluding hydrogens is 316 g/mol. The van der Waals surface area contributed by atoms with Crippen LogP contribution in [0.25, 0.3) is 0 Å². The molecule has 0 aliphatic heterocycles. The topological polar surface area (TPSA) is 90.9 Å². The highest BCUT2D eigenvalue weighted by molar-refractivity contribution is 5.27. The molecule has 0 radical (unpaired) electrons. The maximum atomic E-state index is 12.2. The van der Waals surface area contributed by atoms with Crippen molar-refractivity contribution in [1.82, 2.24) is 15.0 Å². The average molecular weight is 344 g/mol. The molecule has 2 aromatic heterocycles. The number of rotatable bonds is 11. The first-order valence-electron chi connectivity index (χ1n) is 9.03. The van der Waals surface area contributed by atoms with Crippen LogP contribution in [0, 0.1) is 6.92 Å². The van der Waals surface area contributed by atoms with E-state index in [0.717, 1.165) is 49.9 Å². The average Bonchev–Trinajstić information content (AvgIpc) is 2.61. The molecule has 6 heteroatoms. The molecule has 3 N–H and O–H groups in total. The fraction of sp³-hybridized carbons (Fsp3) is 0.526. The SMILES string of the molecule is Cc1ccc(Cc2cnc(NCCCCCCCCO)[nH]c2=O)cn1. The van der Waals surface area contributed by atoms with Crippen molar-refractivity contribution in [2.24, 2.45) is 0 Å². The minimum absolute atomic E-state index is 0.109. The van der Waals surface area contributed by atoms with Gasteiger partial charge in [0.15, 0.2) is 0 Å². The number of unbranched alkanes of at least 4 members (excludes halogenated alkanes) is 5. The van der Waals surface area contributed by atoms with Crippen LogP contribution in [0.15, 0.2) is 29.3 Å². The molecule has 2 aromatic rings. The van der Waals surface area contributed by atoms with Crippen LogP contribution in [0.5, 0.6) is 0 Å². The summed E-state index contributed by atoms with van der Waals surface area (Å²) in [6, 6.07) is 3.92. The lowest BCUT2D eigenvalue weighted by molar-refractivity contribution is 0.282. The summed E-state index contributed by atoms with van der Waals surface area (Å²) >= 11 is 0. The predicted octanol–water partition coefficient (Wildman–Crippen LogP) is 2.81. The summed E-state index contributed by atoms with van der Waals surface area (Å²) in [5.41, 5.74) is 2.49. The van der Waals surface area contributed by atoms with Gasteiger partial charge in [0.25, 0.3) is 5.56 Å². The summed E-state index contributed by atoms with van der Waals surface area (Å²) in [4.78, 5) is 23.5. The van der Waals surface area contributed by atoms with E-state index in [1.165, 1.54) is 6.42 Å². The zero-order chi connectivity index (χ0) is 17.9. The molecule has 0 atom stereocenters. The molecular formula is C19H28N4O2. The van der Waals surface area contributed by atoms with Crippen LogP contribution in [0.4, 0.5) is 5.95 Å². The van der Waals surface area contributed by atoms with Crippen molar-refractivity contribution in [3.05, 3.63) is 51.7 Å². The van der Waals surface area contributed by atoms with Crippen molar-refractivity contribution in [1.29, 1.82) is 0 Å². The molecule has 6 nitrogen and oxygen atoms in total. The first-order valence-corrected chi connectivity index (χ1v) is 9.03. The van der Waals surface area contributed by atoms with E-state index in [0.29, 0.717) is 17.9 Å². The summed E-state index contributed by atoms with van der Waals surface area (Å²) in [5.74, 6) is 0.524. The van der Waals surface area contributed by atoms with Gasteiger partial charge in [0.1, 0.15) is 0 Å². The zero-order valence-corrected chi connectivity index (χ0v) is 14.9. The summed E-state index contributed by atoms with van der Waals surface area (Å²) in [6.45, 7) is 3.02. The minimum atomic E-state index is -0.109. The normalized spacial score (nSPS) is 10.8. The number of anilines is 1. The van der Waals surface area contributed by atoms with E-state index >= 15 is 0 Å². The Morgan fingerprint density at radius 3 is 2.48 bits per heavy atom. The van der Waals surface area contributed by atoms with Gasteiger partial charge in [-0.05, 0) is 31.4 Å². The molecule has 0 amide bonds. The summed E-state index contributed by atoms with van der Waals surface area (Å²) in [6.07, 6.45) is 10.5. The second kappa shape index (κ2) is 10.6. The molecule has 0 unspecified atom stereocenters. The highest BCUT2D eigenvalue weighted by atomic mass is 16.2. The number of aromatic nitrogens is 3. The van der Waals surface area contributed by atoms with Crippen molar-refractivity contribution in [3.8, 4) is 0 Å². The smallest absolute Gasteiger partial charge is 0.255 e. The summed E-state index contributed by atoms with van der Waals surface area (Å²) in [7, 11) is 0. The Morgan fingerprint density at radius 1 is 1.04 bits per heavy atom. The highest BCUT2D eigenvalue weighted by Gasteiger charge is 2.04. The van der Waals surface area contributed by atoms with Crippen LogP contribution in [0.3, 0.4) is 0 Å². The molecule has 25 heavy (non-hydrogen) atoms. The van der Waals surface area contributed by atoms with Gasteiger partial charge < -0.3 is 10.4 Å². The number of hydrogen-bond donors (Lipinski definition) is 3. The molecule has 0 spiro atoms. The Morgan fingerprint density at radius 2 is 1.80 bits per heavy atom. The quantitative estimate of drug-likeness (QED) is 0.545. The first kappa shape index (κ1) is 19.1. The van der Waals surface area contributed by atoms with Crippen LogP contribution < -0.4 is 10.9 Å². The van der Waals surface area contributed by atoms with Gasteiger partial charge in [-0.3, -0.25) is 14.8 Å². The van der Waals surface area contributed by atoms with Crippen molar-refractivity contribution >= 4 is 5.95 Å². The van der Waals surface area contributed by atoms with Gasteiger partial charge in [-0.2, -0.15) is 0 Å².